The van der Waals surface area contributed by atoms with Crippen molar-refractivity contribution in [3.05, 3.63) is 11.9 Å². The van der Waals surface area contributed by atoms with Gasteiger partial charge in [-0.3, -0.25) is 0 Å². The van der Waals surface area contributed by atoms with Crippen LogP contribution in [0.1, 0.15) is 19.4 Å². The molecule has 1 unspecified atom stereocenters. The molecule has 1 fully saturated rings. The number of rotatable bonds is 2. The first-order chi connectivity index (χ1) is 9.28. The van der Waals surface area contributed by atoms with Crippen LogP contribution in [-0.4, -0.2) is 54.1 Å². The minimum absolute atomic E-state index is 0.661. The maximum Gasteiger partial charge on any atom is 0.137 e. The highest BCUT2D eigenvalue weighted by atomic mass is 15.3. The molecule has 3 rings (SSSR count). The Morgan fingerprint density at radius 3 is 2.79 bits per heavy atom. The second-order valence-electron chi connectivity index (χ2n) is 5.64. The molecular formula is C14H23N5. The van der Waals surface area contributed by atoms with Crippen LogP contribution in [0.4, 0.5) is 11.6 Å². The summed E-state index contributed by atoms with van der Waals surface area (Å²) in [5.74, 6) is 2.86. The van der Waals surface area contributed by atoms with Gasteiger partial charge in [0.15, 0.2) is 0 Å². The number of nitrogens with zero attached hydrogens (tertiary/aromatic N) is 4. The first-order valence-electron chi connectivity index (χ1n) is 7.33. The highest BCUT2D eigenvalue weighted by molar-refractivity contribution is 5.60. The lowest BCUT2D eigenvalue weighted by molar-refractivity contribution is 0.270. The summed E-state index contributed by atoms with van der Waals surface area (Å²) < 4.78 is 0. The van der Waals surface area contributed by atoms with E-state index in [1.165, 1.54) is 5.56 Å². The van der Waals surface area contributed by atoms with E-state index >= 15 is 0 Å². The van der Waals surface area contributed by atoms with Crippen molar-refractivity contribution >= 4 is 11.6 Å². The molecule has 1 aromatic rings. The summed E-state index contributed by atoms with van der Waals surface area (Å²) in [6.07, 6.45) is 2.79. The van der Waals surface area contributed by atoms with Crippen LogP contribution in [0.5, 0.6) is 0 Å². The van der Waals surface area contributed by atoms with E-state index < -0.39 is 0 Å². The molecule has 2 aliphatic rings. The maximum absolute atomic E-state index is 4.56. The quantitative estimate of drug-likeness (QED) is 0.867. The Labute approximate surface area is 115 Å². The van der Waals surface area contributed by atoms with Gasteiger partial charge in [-0.2, -0.15) is 0 Å². The van der Waals surface area contributed by atoms with Gasteiger partial charge >= 0.3 is 0 Å². The van der Waals surface area contributed by atoms with E-state index in [2.05, 4.69) is 38.9 Å². The number of nitrogens with one attached hydrogen (secondary N) is 1. The molecule has 0 aliphatic carbocycles. The Morgan fingerprint density at radius 1 is 1.26 bits per heavy atom. The van der Waals surface area contributed by atoms with Gasteiger partial charge < -0.3 is 15.1 Å². The lowest BCUT2D eigenvalue weighted by Crippen LogP contribution is -2.47. The molecule has 0 saturated carbocycles. The van der Waals surface area contributed by atoms with E-state index in [1.807, 2.05) is 0 Å². The molecule has 2 aliphatic heterocycles. The molecule has 0 bridgehead atoms. The molecule has 5 nitrogen and oxygen atoms in total. The monoisotopic (exact) mass is 261 g/mol. The molecular weight excluding hydrogens is 238 g/mol. The second-order valence-corrected chi connectivity index (χ2v) is 5.64. The molecule has 0 aromatic carbocycles. The van der Waals surface area contributed by atoms with E-state index in [9.17, 15) is 0 Å². The van der Waals surface area contributed by atoms with Crippen molar-refractivity contribution in [2.24, 2.45) is 5.92 Å². The fraction of sp³-hybridized carbons (Fsp3) is 0.714. The third kappa shape index (κ3) is 2.52. The van der Waals surface area contributed by atoms with E-state index in [-0.39, 0.29) is 0 Å². The van der Waals surface area contributed by atoms with Crippen LogP contribution in [0.2, 0.25) is 0 Å². The van der Waals surface area contributed by atoms with Crippen LogP contribution in [0.3, 0.4) is 0 Å². The summed E-state index contributed by atoms with van der Waals surface area (Å²) in [5.41, 5.74) is 1.31. The zero-order valence-electron chi connectivity index (χ0n) is 11.9. The molecule has 0 radical (unpaired) electrons. The molecule has 0 amide bonds. The number of fused-ring (bicyclic) bond motifs is 1. The van der Waals surface area contributed by atoms with E-state index in [1.54, 1.807) is 6.33 Å². The van der Waals surface area contributed by atoms with E-state index in [0.29, 0.717) is 5.92 Å². The Morgan fingerprint density at radius 2 is 2.05 bits per heavy atom. The molecule has 3 heterocycles. The van der Waals surface area contributed by atoms with Gasteiger partial charge in [-0.15, -0.1) is 0 Å². The molecule has 1 saturated heterocycles. The Balaban J connectivity index is 1.81. The normalized spacial score (nSPS) is 23.9. The number of piperazine rings is 1. The molecule has 5 heteroatoms. The van der Waals surface area contributed by atoms with Crippen molar-refractivity contribution in [3.63, 3.8) is 0 Å². The second kappa shape index (κ2) is 5.33. The van der Waals surface area contributed by atoms with Gasteiger partial charge in [-0.05, 0) is 18.9 Å². The number of hydrogen-bond acceptors (Lipinski definition) is 5. The predicted octanol–water partition coefficient (Wildman–Crippen LogP) is 1.22. The van der Waals surface area contributed by atoms with E-state index in [4.69, 9.17) is 0 Å². The average Bonchev–Trinajstić information content (AvgIpc) is 2.47. The van der Waals surface area contributed by atoms with Crippen LogP contribution in [0.25, 0.3) is 0 Å². The van der Waals surface area contributed by atoms with Crippen molar-refractivity contribution < 1.29 is 0 Å². The topological polar surface area (TPSA) is 44.3 Å². The van der Waals surface area contributed by atoms with Gasteiger partial charge in [-0.25, -0.2) is 9.97 Å². The van der Waals surface area contributed by atoms with Crippen molar-refractivity contribution in [2.45, 2.75) is 20.3 Å². The zero-order chi connectivity index (χ0) is 13.2. The average molecular weight is 261 g/mol. The number of hydrogen-bond donors (Lipinski definition) is 1. The fourth-order valence-electron chi connectivity index (χ4n) is 2.98. The lowest BCUT2D eigenvalue weighted by atomic mass is 9.98. The molecule has 1 aromatic heterocycles. The van der Waals surface area contributed by atoms with Gasteiger partial charge in [0.05, 0.1) is 0 Å². The fourth-order valence-corrected chi connectivity index (χ4v) is 2.98. The van der Waals surface area contributed by atoms with E-state index in [0.717, 1.165) is 57.3 Å². The van der Waals surface area contributed by atoms with Gasteiger partial charge in [-0.1, -0.05) is 13.8 Å². The highest BCUT2D eigenvalue weighted by Gasteiger charge is 2.24. The lowest BCUT2D eigenvalue weighted by Gasteiger charge is -2.36. The van der Waals surface area contributed by atoms with Gasteiger partial charge in [0.2, 0.25) is 0 Å². The van der Waals surface area contributed by atoms with Crippen molar-refractivity contribution in [1.29, 1.82) is 0 Å². The molecule has 0 spiro atoms. The molecule has 19 heavy (non-hydrogen) atoms. The first kappa shape index (κ1) is 12.7. The van der Waals surface area contributed by atoms with Crippen LogP contribution >= 0.6 is 0 Å². The summed E-state index contributed by atoms with van der Waals surface area (Å²) in [7, 11) is 0. The number of likely N-dealkylation sites (N-methyl/N-ethyl adjacent to an activating group) is 1. The minimum Gasteiger partial charge on any atom is -0.369 e. The maximum atomic E-state index is 4.56. The van der Waals surface area contributed by atoms with Gasteiger partial charge in [0.25, 0.3) is 0 Å². The highest BCUT2D eigenvalue weighted by Crippen LogP contribution is 2.30. The van der Waals surface area contributed by atoms with Crippen molar-refractivity contribution in [3.8, 4) is 0 Å². The Hall–Kier alpha value is -1.36. The standard InChI is InChI=1S/C14H23N5/c1-3-18-4-6-19(7-5-18)14-12-8-11(2)9-15-13(12)16-10-17-14/h10-11H,3-9H2,1-2H3,(H,15,16,17). The largest absolute Gasteiger partial charge is 0.369 e. The van der Waals surface area contributed by atoms with Crippen molar-refractivity contribution in [2.75, 3.05) is 49.5 Å². The Kier molecular flexibility index (Phi) is 3.55. The predicted molar refractivity (Wildman–Crippen MR) is 77.7 cm³/mol. The smallest absolute Gasteiger partial charge is 0.137 e. The van der Waals surface area contributed by atoms with Crippen LogP contribution in [0.15, 0.2) is 6.33 Å². The first-order valence-corrected chi connectivity index (χ1v) is 7.33. The minimum atomic E-state index is 0.661. The SMILES string of the molecule is CCN1CCN(c2ncnc3c2CC(C)CN3)CC1. The number of aromatic nitrogens is 2. The van der Waals surface area contributed by atoms with Crippen LogP contribution in [-0.2, 0) is 6.42 Å². The van der Waals surface area contributed by atoms with Gasteiger partial charge in [0.1, 0.15) is 18.0 Å². The third-order valence-corrected chi connectivity index (χ3v) is 4.21. The van der Waals surface area contributed by atoms with Crippen LogP contribution in [0, 0.1) is 5.92 Å². The molecule has 1 atom stereocenters. The number of anilines is 2. The molecule has 104 valence electrons. The van der Waals surface area contributed by atoms with Gasteiger partial charge in [0, 0.05) is 38.3 Å². The summed E-state index contributed by atoms with van der Waals surface area (Å²) >= 11 is 0. The van der Waals surface area contributed by atoms with Crippen LogP contribution < -0.4 is 10.2 Å². The third-order valence-electron chi connectivity index (χ3n) is 4.21. The summed E-state index contributed by atoms with van der Waals surface area (Å²) in [5, 5.41) is 3.42. The Bertz CT molecular complexity index is 439. The molecule has 1 N–H and O–H groups in total. The summed E-state index contributed by atoms with van der Waals surface area (Å²) in [4.78, 5) is 13.9. The summed E-state index contributed by atoms with van der Waals surface area (Å²) in [6.45, 7) is 11.1. The summed E-state index contributed by atoms with van der Waals surface area (Å²) in [6, 6.07) is 0. The van der Waals surface area contributed by atoms with Crippen molar-refractivity contribution in [1.82, 2.24) is 14.9 Å². The zero-order valence-corrected chi connectivity index (χ0v) is 11.9.